The molecule has 0 aromatic heterocycles. The lowest BCUT2D eigenvalue weighted by atomic mass is 10.3. The van der Waals surface area contributed by atoms with Gasteiger partial charge in [-0.25, -0.2) is 4.72 Å². The molecule has 9 heavy (non-hydrogen) atoms. The van der Waals surface area contributed by atoms with Crippen molar-refractivity contribution < 1.29 is 8.76 Å². The highest BCUT2D eigenvalue weighted by Gasteiger charge is 2.12. The fraction of sp³-hybridized carbons (Fsp3) is 1.00. The van der Waals surface area contributed by atoms with Crippen molar-refractivity contribution in [2.24, 2.45) is 0 Å². The number of nitrogens with one attached hydrogen (secondary N) is 2. The van der Waals surface area contributed by atoms with Crippen LogP contribution in [0.15, 0.2) is 0 Å². The molecule has 1 saturated heterocycles. The van der Waals surface area contributed by atoms with Gasteiger partial charge >= 0.3 is 0 Å². The molecule has 0 aliphatic carbocycles. The van der Waals surface area contributed by atoms with Crippen LogP contribution in [0.4, 0.5) is 0 Å². The second-order valence-corrected chi connectivity index (χ2v) is 2.75. The summed E-state index contributed by atoms with van der Waals surface area (Å²) >= 11 is -2.10. The van der Waals surface area contributed by atoms with Crippen LogP contribution in [0.3, 0.4) is 0 Å². The fourth-order valence-corrected chi connectivity index (χ4v) is 1.36. The van der Waals surface area contributed by atoms with Crippen LogP contribution >= 0.6 is 0 Å². The molecule has 0 saturated carbocycles. The van der Waals surface area contributed by atoms with Crippen molar-refractivity contribution >= 4 is 11.3 Å². The summed E-state index contributed by atoms with van der Waals surface area (Å²) in [6, 6.07) is 0.114. The van der Waals surface area contributed by atoms with Gasteiger partial charge in [0, 0.05) is 23.9 Å². The highest BCUT2D eigenvalue weighted by molar-refractivity contribution is 7.77. The lowest BCUT2D eigenvalue weighted by Crippen LogP contribution is -2.32. The van der Waals surface area contributed by atoms with Gasteiger partial charge in [0.05, 0.1) is 0 Å². The number of hydrogen-bond acceptors (Lipinski definition) is 3. The second kappa shape index (κ2) is 3.26. The van der Waals surface area contributed by atoms with Crippen molar-refractivity contribution in [3.63, 3.8) is 0 Å². The molecule has 0 amide bonds. The topological polar surface area (TPSA) is 64.2 Å². The van der Waals surface area contributed by atoms with Gasteiger partial charge in [0.15, 0.2) is 0 Å². The third-order valence-electron chi connectivity index (χ3n) is 1.32. The largest absolute Gasteiger partial charge is 0.760 e. The number of rotatable bonds is 2. The van der Waals surface area contributed by atoms with E-state index in [1.54, 1.807) is 0 Å². The van der Waals surface area contributed by atoms with Gasteiger partial charge in [0.1, 0.15) is 0 Å². The van der Waals surface area contributed by atoms with Crippen molar-refractivity contribution in [3.8, 4) is 0 Å². The quantitative estimate of drug-likeness (QED) is 0.481. The van der Waals surface area contributed by atoms with Gasteiger partial charge in [0.2, 0.25) is 0 Å². The minimum atomic E-state index is -2.10. The lowest BCUT2D eigenvalue weighted by Gasteiger charge is -2.11. The summed E-state index contributed by atoms with van der Waals surface area (Å²) in [7, 11) is 0. The van der Waals surface area contributed by atoms with Crippen LogP contribution in [0.25, 0.3) is 0 Å². The monoisotopic (exact) mass is 149 g/mol. The first-order valence-corrected chi connectivity index (χ1v) is 3.92. The van der Waals surface area contributed by atoms with E-state index in [1.807, 2.05) is 0 Å². The smallest absolute Gasteiger partial charge is 0.0321 e. The third-order valence-corrected chi connectivity index (χ3v) is 1.85. The van der Waals surface area contributed by atoms with Crippen LogP contribution in [0.2, 0.25) is 0 Å². The summed E-state index contributed by atoms with van der Waals surface area (Å²) in [5.41, 5.74) is 0. The van der Waals surface area contributed by atoms with Gasteiger partial charge in [-0.1, -0.05) is 0 Å². The van der Waals surface area contributed by atoms with Gasteiger partial charge in [-0.3, -0.25) is 4.21 Å². The molecule has 54 valence electrons. The standard InChI is InChI=1S/C4H10N2O2S/c7-9(8)6-4-1-2-5-3-4/h4-6H,1-3H2,(H,7,8)/p-1. The van der Waals surface area contributed by atoms with E-state index in [0.29, 0.717) is 0 Å². The predicted molar refractivity (Wildman–Crippen MR) is 33.3 cm³/mol. The first-order chi connectivity index (χ1) is 4.29. The van der Waals surface area contributed by atoms with E-state index in [2.05, 4.69) is 10.0 Å². The molecule has 2 unspecified atom stereocenters. The molecule has 0 aromatic carbocycles. The molecule has 0 bridgehead atoms. The zero-order valence-corrected chi connectivity index (χ0v) is 5.74. The van der Waals surface area contributed by atoms with Gasteiger partial charge in [-0.05, 0) is 13.0 Å². The first kappa shape index (κ1) is 7.14. The average Bonchev–Trinajstić information content (AvgIpc) is 2.15. The van der Waals surface area contributed by atoms with E-state index in [4.69, 9.17) is 0 Å². The summed E-state index contributed by atoms with van der Waals surface area (Å²) in [5, 5.41) is 3.04. The van der Waals surface area contributed by atoms with Crippen LogP contribution in [-0.2, 0) is 11.3 Å². The molecule has 1 fully saturated rings. The van der Waals surface area contributed by atoms with Crippen molar-refractivity contribution in [3.05, 3.63) is 0 Å². The van der Waals surface area contributed by atoms with Crippen molar-refractivity contribution in [1.29, 1.82) is 0 Å². The third kappa shape index (κ3) is 2.40. The van der Waals surface area contributed by atoms with Crippen molar-refractivity contribution in [2.45, 2.75) is 12.5 Å². The van der Waals surface area contributed by atoms with E-state index < -0.39 is 11.3 Å². The molecule has 1 aliphatic heterocycles. The molecule has 1 heterocycles. The Kier molecular flexibility index (Phi) is 2.59. The highest BCUT2D eigenvalue weighted by Crippen LogP contribution is 1.95. The van der Waals surface area contributed by atoms with E-state index in [1.165, 1.54) is 0 Å². The van der Waals surface area contributed by atoms with Gasteiger partial charge in [-0.15, -0.1) is 0 Å². The van der Waals surface area contributed by atoms with Crippen molar-refractivity contribution in [1.82, 2.24) is 10.0 Å². The highest BCUT2D eigenvalue weighted by atomic mass is 32.2. The molecular weight excluding hydrogens is 140 g/mol. The zero-order chi connectivity index (χ0) is 6.69. The predicted octanol–water partition coefficient (Wildman–Crippen LogP) is -1.27. The van der Waals surface area contributed by atoms with E-state index in [0.717, 1.165) is 19.5 Å². The second-order valence-electron chi connectivity index (χ2n) is 2.04. The Morgan fingerprint density at radius 2 is 2.56 bits per heavy atom. The Balaban J connectivity index is 2.19. The summed E-state index contributed by atoms with van der Waals surface area (Å²) in [6.45, 7) is 1.67. The van der Waals surface area contributed by atoms with Crippen LogP contribution in [0, 0.1) is 0 Å². The molecule has 4 nitrogen and oxygen atoms in total. The first-order valence-electron chi connectivity index (χ1n) is 2.85. The summed E-state index contributed by atoms with van der Waals surface area (Å²) in [6.07, 6.45) is 0.897. The molecule has 1 aliphatic rings. The summed E-state index contributed by atoms with van der Waals surface area (Å²) in [4.78, 5) is 0. The summed E-state index contributed by atoms with van der Waals surface area (Å²) in [5.74, 6) is 0. The molecule has 0 aromatic rings. The van der Waals surface area contributed by atoms with Gasteiger partial charge in [-0.2, -0.15) is 0 Å². The van der Waals surface area contributed by atoms with Crippen LogP contribution < -0.4 is 10.0 Å². The van der Waals surface area contributed by atoms with Gasteiger partial charge in [0.25, 0.3) is 0 Å². The molecule has 5 heteroatoms. The Labute approximate surface area is 56.4 Å². The normalized spacial score (nSPS) is 30.6. The average molecular weight is 149 g/mol. The molecule has 2 N–H and O–H groups in total. The van der Waals surface area contributed by atoms with E-state index >= 15 is 0 Å². The maximum absolute atomic E-state index is 10.0. The van der Waals surface area contributed by atoms with Crippen molar-refractivity contribution in [2.75, 3.05) is 13.1 Å². The molecule has 0 radical (unpaired) electrons. The van der Waals surface area contributed by atoms with Crippen LogP contribution in [0.5, 0.6) is 0 Å². The SMILES string of the molecule is O=S([O-])NC1CCNC1. The lowest BCUT2D eigenvalue weighted by molar-refractivity contribution is 0.508. The summed E-state index contributed by atoms with van der Waals surface area (Å²) < 4.78 is 22.4. The van der Waals surface area contributed by atoms with Crippen LogP contribution in [-0.4, -0.2) is 27.9 Å². The maximum Gasteiger partial charge on any atom is 0.0321 e. The van der Waals surface area contributed by atoms with Crippen LogP contribution in [0.1, 0.15) is 6.42 Å². The minimum Gasteiger partial charge on any atom is -0.760 e. The Bertz CT molecular complexity index is 113. The molecule has 2 atom stereocenters. The Morgan fingerprint density at radius 1 is 1.78 bits per heavy atom. The molecule has 1 rings (SSSR count). The van der Waals surface area contributed by atoms with E-state index in [9.17, 15) is 8.76 Å². The number of hydrogen-bond donors (Lipinski definition) is 2. The molecule has 0 spiro atoms. The fourth-order valence-electron chi connectivity index (χ4n) is 0.891. The van der Waals surface area contributed by atoms with E-state index in [-0.39, 0.29) is 6.04 Å². The minimum absolute atomic E-state index is 0.114. The molecular formula is C4H9N2O2S-. The zero-order valence-electron chi connectivity index (χ0n) is 4.92. The Morgan fingerprint density at radius 3 is 3.00 bits per heavy atom. The maximum atomic E-state index is 10.0. The Hall–Kier alpha value is 0.0300. The van der Waals surface area contributed by atoms with Gasteiger partial charge < -0.3 is 9.87 Å².